The van der Waals surface area contributed by atoms with Crippen molar-refractivity contribution in [1.29, 1.82) is 0 Å². The fourth-order valence-electron chi connectivity index (χ4n) is 5.24. The van der Waals surface area contributed by atoms with Crippen LogP contribution in [0.1, 0.15) is 70.9 Å². The lowest BCUT2D eigenvalue weighted by Crippen LogP contribution is -2.46. The first-order chi connectivity index (χ1) is 11.5. The molecule has 134 valence electrons. The molecule has 0 radical (unpaired) electrons. The Hall–Kier alpha value is -1.44. The molecule has 2 aliphatic rings. The van der Waals surface area contributed by atoms with E-state index in [0.717, 1.165) is 37.7 Å². The second-order valence-corrected chi connectivity index (χ2v) is 7.31. The van der Waals surface area contributed by atoms with E-state index < -0.39 is 0 Å². The molecule has 2 aliphatic carbocycles. The molecule has 1 aromatic rings. The second kappa shape index (κ2) is 7.63. The fraction of sp³-hybridized carbons (Fsp3) is 0.636. The number of phenolic OH excluding ortho intramolecular Hbond substituents is 1. The van der Waals surface area contributed by atoms with Gasteiger partial charge in [-0.2, -0.15) is 0 Å². The third kappa shape index (κ3) is 2.96. The third-order valence-corrected chi connectivity index (χ3v) is 5.95. The van der Waals surface area contributed by atoms with Crippen LogP contribution in [0.25, 0.3) is 0 Å². The summed E-state index contributed by atoms with van der Waals surface area (Å²) in [5.41, 5.74) is 3.87. The van der Waals surface area contributed by atoms with Crippen LogP contribution >= 0.6 is 0 Å². The average Bonchev–Trinajstić information content (AvgIpc) is 2.56. The normalized spacial score (nSPS) is 28.3. The lowest BCUT2D eigenvalue weighted by Gasteiger charge is -2.52. The number of aromatic hydroxyl groups is 1. The fourth-order valence-corrected chi connectivity index (χ4v) is 5.24. The number of allylic oxidation sites excluding steroid dienone is 1. The van der Waals surface area contributed by atoms with E-state index in [4.69, 9.17) is 4.74 Å². The van der Waals surface area contributed by atoms with E-state index in [2.05, 4.69) is 26.5 Å². The number of benzene rings is 1. The molecule has 1 saturated carbocycles. The van der Waals surface area contributed by atoms with Crippen LogP contribution in [0, 0.1) is 11.8 Å². The monoisotopic (exact) mass is 330 g/mol. The molecule has 0 heterocycles. The molecule has 3 atom stereocenters. The van der Waals surface area contributed by atoms with E-state index in [1.165, 1.54) is 17.6 Å². The maximum Gasteiger partial charge on any atom is 0.161 e. The summed E-state index contributed by atoms with van der Waals surface area (Å²) in [4.78, 5) is 0. The molecule has 0 aromatic heterocycles. The lowest BCUT2D eigenvalue weighted by atomic mass is 9.52. The first-order valence-corrected chi connectivity index (χ1v) is 9.59. The molecular weight excluding hydrogens is 296 g/mol. The van der Waals surface area contributed by atoms with Crippen LogP contribution in [-0.4, -0.2) is 12.2 Å². The van der Waals surface area contributed by atoms with Crippen molar-refractivity contribution < 1.29 is 9.84 Å². The Balaban J connectivity index is 0.00000100. The largest absolute Gasteiger partial charge is 0.504 e. The van der Waals surface area contributed by atoms with E-state index in [-0.39, 0.29) is 5.41 Å². The Morgan fingerprint density at radius 2 is 2.04 bits per heavy atom. The van der Waals surface area contributed by atoms with Crippen molar-refractivity contribution >= 4 is 0 Å². The molecule has 1 aromatic carbocycles. The molecule has 1 N–H and O–H groups in total. The topological polar surface area (TPSA) is 29.5 Å². The van der Waals surface area contributed by atoms with Gasteiger partial charge in [0.25, 0.3) is 0 Å². The quantitative estimate of drug-likeness (QED) is 0.687. The van der Waals surface area contributed by atoms with Gasteiger partial charge in [0.1, 0.15) is 0 Å². The summed E-state index contributed by atoms with van der Waals surface area (Å²) < 4.78 is 5.40. The van der Waals surface area contributed by atoms with Crippen molar-refractivity contribution in [3.05, 3.63) is 35.4 Å². The number of hydrogen-bond acceptors (Lipinski definition) is 2. The number of phenols is 1. The predicted octanol–water partition coefficient (Wildman–Crippen LogP) is 6.01. The van der Waals surface area contributed by atoms with Gasteiger partial charge in [-0.15, -0.1) is 0 Å². The van der Waals surface area contributed by atoms with Crippen LogP contribution in [0.2, 0.25) is 0 Å². The van der Waals surface area contributed by atoms with Crippen LogP contribution in [0.5, 0.6) is 11.5 Å². The molecular formula is C22H34O2. The van der Waals surface area contributed by atoms with Crippen LogP contribution in [-0.2, 0) is 11.8 Å². The van der Waals surface area contributed by atoms with E-state index in [9.17, 15) is 5.11 Å². The van der Waals surface area contributed by atoms with Crippen molar-refractivity contribution in [2.75, 3.05) is 7.11 Å². The summed E-state index contributed by atoms with van der Waals surface area (Å²) in [5.74, 6) is 2.29. The third-order valence-electron chi connectivity index (χ3n) is 5.95. The summed E-state index contributed by atoms with van der Waals surface area (Å²) in [6, 6.07) is 4.08. The molecule has 0 spiro atoms. The van der Waals surface area contributed by atoms with Gasteiger partial charge in [-0.25, -0.2) is 0 Å². The summed E-state index contributed by atoms with van der Waals surface area (Å²) >= 11 is 0. The van der Waals surface area contributed by atoms with Gasteiger partial charge in [0, 0.05) is 11.0 Å². The zero-order chi connectivity index (χ0) is 17.9. The lowest BCUT2D eigenvalue weighted by molar-refractivity contribution is 0.121. The Morgan fingerprint density at radius 3 is 2.67 bits per heavy atom. The predicted molar refractivity (Wildman–Crippen MR) is 102 cm³/mol. The van der Waals surface area contributed by atoms with E-state index in [0.29, 0.717) is 23.3 Å². The molecule has 0 aliphatic heterocycles. The van der Waals surface area contributed by atoms with Gasteiger partial charge >= 0.3 is 0 Å². The van der Waals surface area contributed by atoms with Gasteiger partial charge in [0.2, 0.25) is 0 Å². The molecule has 2 nitrogen and oxygen atoms in total. The SMILES string of the molecule is C=C1CCC2C(C)Cc3ccc(OC)c(O)c3C2(CCC)C1.CC. The summed E-state index contributed by atoms with van der Waals surface area (Å²) in [7, 11) is 1.64. The second-order valence-electron chi connectivity index (χ2n) is 7.31. The standard InChI is InChI=1S/C20H28O2.C2H6/c1-5-10-20-12-13(2)6-8-16(20)14(3)11-15-7-9-17(22-4)19(21)18(15)20;1-2/h7,9,14,16,21H,2,5-6,8,10-12H2,1,3-4H3;1-2H3. The van der Waals surface area contributed by atoms with E-state index in [1.54, 1.807) is 7.11 Å². The van der Waals surface area contributed by atoms with Gasteiger partial charge in [-0.05, 0) is 55.6 Å². The van der Waals surface area contributed by atoms with Crippen molar-refractivity contribution in [3.63, 3.8) is 0 Å². The number of ether oxygens (including phenoxy) is 1. The summed E-state index contributed by atoms with van der Waals surface area (Å²) in [6.07, 6.45) is 6.68. The smallest absolute Gasteiger partial charge is 0.161 e. The van der Waals surface area contributed by atoms with Crippen LogP contribution in [0.4, 0.5) is 0 Å². The molecule has 0 saturated heterocycles. The number of rotatable bonds is 3. The summed E-state index contributed by atoms with van der Waals surface area (Å²) in [6.45, 7) is 12.9. The minimum Gasteiger partial charge on any atom is -0.504 e. The number of fused-ring (bicyclic) bond motifs is 3. The van der Waals surface area contributed by atoms with Gasteiger partial charge in [0.15, 0.2) is 11.5 Å². The van der Waals surface area contributed by atoms with E-state index >= 15 is 0 Å². The molecule has 3 rings (SSSR count). The molecule has 1 fully saturated rings. The first-order valence-electron chi connectivity index (χ1n) is 9.59. The van der Waals surface area contributed by atoms with Crippen LogP contribution in [0.15, 0.2) is 24.3 Å². The van der Waals surface area contributed by atoms with Gasteiger partial charge in [-0.3, -0.25) is 0 Å². The maximum absolute atomic E-state index is 10.9. The molecule has 0 bridgehead atoms. The zero-order valence-electron chi connectivity index (χ0n) is 16.1. The van der Waals surface area contributed by atoms with Gasteiger partial charge < -0.3 is 9.84 Å². The zero-order valence-corrected chi connectivity index (χ0v) is 16.1. The van der Waals surface area contributed by atoms with Crippen LogP contribution in [0.3, 0.4) is 0 Å². The Morgan fingerprint density at radius 1 is 1.33 bits per heavy atom. The first kappa shape index (κ1) is 18.9. The molecule has 24 heavy (non-hydrogen) atoms. The van der Waals surface area contributed by atoms with Crippen molar-refractivity contribution in [2.45, 2.75) is 71.6 Å². The van der Waals surface area contributed by atoms with E-state index in [1.807, 2.05) is 19.9 Å². The Labute approximate surface area is 147 Å². The molecule has 3 unspecified atom stereocenters. The Bertz CT molecular complexity index is 590. The van der Waals surface area contributed by atoms with Gasteiger partial charge in [0.05, 0.1) is 7.11 Å². The highest BCUT2D eigenvalue weighted by Gasteiger charge is 2.50. The Kier molecular flexibility index (Phi) is 6.01. The average molecular weight is 331 g/mol. The highest BCUT2D eigenvalue weighted by Crippen LogP contribution is 2.58. The summed E-state index contributed by atoms with van der Waals surface area (Å²) in [5, 5.41) is 10.9. The minimum atomic E-state index is 0.0513. The highest BCUT2D eigenvalue weighted by atomic mass is 16.5. The van der Waals surface area contributed by atoms with Gasteiger partial charge in [-0.1, -0.05) is 52.3 Å². The number of methoxy groups -OCH3 is 1. The number of hydrogen-bond donors (Lipinski definition) is 1. The minimum absolute atomic E-state index is 0.0513. The maximum atomic E-state index is 10.9. The van der Waals surface area contributed by atoms with Crippen molar-refractivity contribution in [3.8, 4) is 11.5 Å². The molecule has 2 heteroatoms. The van der Waals surface area contributed by atoms with Crippen molar-refractivity contribution in [1.82, 2.24) is 0 Å². The van der Waals surface area contributed by atoms with Crippen molar-refractivity contribution in [2.24, 2.45) is 11.8 Å². The van der Waals surface area contributed by atoms with Crippen LogP contribution < -0.4 is 4.74 Å². The highest BCUT2D eigenvalue weighted by molar-refractivity contribution is 5.56. The molecule has 0 amide bonds.